The quantitative estimate of drug-likeness (QED) is 0.859. The molecule has 1 aliphatic rings. The highest BCUT2D eigenvalue weighted by molar-refractivity contribution is 7.91. The lowest BCUT2D eigenvalue weighted by Crippen LogP contribution is -2.43. The van der Waals surface area contributed by atoms with Crippen LogP contribution in [0, 0.1) is 0 Å². The standard InChI is InChI=1S/C16H24N2O4S/c1-11(2)22-15-6-4-13(5-7-15)12(3)17-16(19)18-14-8-9-23(20,21)10-14/h4-7,11-12,14H,8-10H2,1-3H3,(H2,17,18,19)/t12-,14-/m1/s1. The summed E-state index contributed by atoms with van der Waals surface area (Å²) in [4.78, 5) is 12.0. The number of hydrogen-bond acceptors (Lipinski definition) is 4. The van der Waals surface area contributed by atoms with Gasteiger partial charge in [-0.15, -0.1) is 0 Å². The molecule has 1 aromatic rings. The van der Waals surface area contributed by atoms with Crippen LogP contribution in [0.1, 0.15) is 38.8 Å². The molecule has 0 aliphatic carbocycles. The highest BCUT2D eigenvalue weighted by Crippen LogP contribution is 2.18. The lowest BCUT2D eigenvalue weighted by Gasteiger charge is -2.18. The fourth-order valence-electron chi connectivity index (χ4n) is 2.52. The van der Waals surface area contributed by atoms with E-state index in [2.05, 4.69) is 10.6 Å². The van der Waals surface area contributed by atoms with Crippen LogP contribution in [0.5, 0.6) is 5.75 Å². The molecular weight excluding hydrogens is 316 g/mol. The molecule has 2 N–H and O–H groups in total. The average molecular weight is 340 g/mol. The number of nitrogens with one attached hydrogen (secondary N) is 2. The van der Waals surface area contributed by atoms with Crippen LogP contribution in [0.25, 0.3) is 0 Å². The van der Waals surface area contributed by atoms with Crippen molar-refractivity contribution in [1.29, 1.82) is 0 Å². The normalized spacial score (nSPS) is 21.0. The maximum Gasteiger partial charge on any atom is 0.315 e. The number of carbonyl (C=O) groups excluding carboxylic acids is 1. The van der Waals surface area contributed by atoms with Crippen molar-refractivity contribution in [3.8, 4) is 5.75 Å². The van der Waals surface area contributed by atoms with E-state index in [1.807, 2.05) is 45.0 Å². The fraction of sp³-hybridized carbons (Fsp3) is 0.562. The van der Waals surface area contributed by atoms with Crippen molar-refractivity contribution in [3.63, 3.8) is 0 Å². The molecule has 1 heterocycles. The minimum atomic E-state index is -2.99. The molecule has 0 radical (unpaired) electrons. The van der Waals surface area contributed by atoms with Gasteiger partial charge in [-0.3, -0.25) is 0 Å². The van der Waals surface area contributed by atoms with Crippen molar-refractivity contribution in [2.75, 3.05) is 11.5 Å². The third-order valence-electron chi connectivity index (χ3n) is 3.67. The lowest BCUT2D eigenvalue weighted by atomic mass is 10.1. The molecule has 0 bridgehead atoms. The minimum Gasteiger partial charge on any atom is -0.491 e. The van der Waals surface area contributed by atoms with Gasteiger partial charge in [0.05, 0.1) is 23.7 Å². The summed E-state index contributed by atoms with van der Waals surface area (Å²) in [5.74, 6) is 0.956. The predicted molar refractivity (Wildman–Crippen MR) is 89.3 cm³/mol. The summed E-state index contributed by atoms with van der Waals surface area (Å²) in [5, 5.41) is 5.54. The molecule has 0 aromatic heterocycles. The first-order valence-corrected chi connectivity index (χ1v) is 9.61. The van der Waals surface area contributed by atoms with Gasteiger partial charge in [0.2, 0.25) is 0 Å². The van der Waals surface area contributed by atoms with Gasteiger partial charge in [-0.2, -0.15) is 0 Å². The Morgan fingerprint density at radius 2 is 1.87 bits per heavy atom. The Morgan fingerprint density at radius 1 is 1.22 bits per heavy atom. The van der Waals surface area contributed by atoms with E-state index in [0.717, 1.165) is 11.3 Å². The summed E-state index contributed by atoms with van der Waals surface area (Å²) in [6.07, 6.45) is 0.593. The first-order valence-electron chi connectivity index (χ1n) is 7.79. The van der Waals surface area contributed by atoms with E-state index >= 15 is 0 Å². The number of sulfone groups is 1. The van der Waals surface area contributed by atoms with Gasteiger partial charge in [0.15, 0.2) is 9.84 Å². The molecule has 0 saturated carbocycles. The Labute approximate surface area is 137 Å². The van der Waals surface area contributed by atoms with Crippen LogP contribution >= 0.6 is 0 Å². The summed E-state index contributed by atoms with van der Waals surface area (Å²) >= 11 is 0. The van der Waals surface area contributed by atoms with Crippen LogP contribution in [-0.4, -0.2) is 38.1 Å². The molecule has 7 heteroatoms. The van der Waals surface area contributed by atoms with Crippen molar-refractivity contribution in [1.82, 2.24) is 10.6 Å². The third kappa shape index (κ3) is 5.42. The Hall–Kier alpha value is -1.76. The summed E-state index contributed by atoms with van der Waals surface area (Å²) < 4.78 is 28.4. The molecule has 2 atom stereocenters. The lowest BCUT2D eigenvalue weighted by molar-refractivity contribution is 0.235. The second-order valence-corrected chi connectivity index (χ2v) is 8.40. The number of urea groups is 1. The maximum absolute atomic E-state index is 12.0. The van der Waals surface area contributed by atoms with Gasteiger partial charge in [-0.05, 0) is 44.9 Å². The number of rotatable bonds is 5. The van der Waals surface area contributed by atoms with Gasteiger partial charge in [0, 0.05) is 6.04 Å². The average Bonchev–Trinajstić information content (AvgIpc) is 2.77. The van der Waals surface area contributed by atoms with E-state index in [1.165, 1.54) is 0 Å². The van der Waals surface area contributed by atoms with Gasteiger partial charge >= 0.3 is 6.03 Å². The first kappa shape index (κ1) is 17.6. The number of ether oxygens (including phenoxy) is 1. The molecule has 1 fully saturated rings. The van der Waals surface area contributed by atoms with Crippen molar-refractivity contribution in [2.24, 2.45) is 0 Å². The Balaban J connectivity index is 1.86. The number of hydrogen-bond donors (Lipinski definition) is 2. The zero-order valence-corrected chi connectivity index (χ0v) is 14.5. The van der Waals surface area contributed by atoms with Gasteiger partial charge in [0.1, 0.15) is 5.75 Å². The molecule has 1 aliphatic heterocycles. The number of amides is 2. The summed E-state index contributed by atoms with van der Waals surface area (Å²) in [7, 11) is -2.99. The molecule has 2 rings (SSSR count). The summed E-state index contributed by atoms with van der Waals surface area (Å²) in [6.45, 7) is 5.81. The molecule has 23 heavy (non-hydrogen) atoms. The molecule has 1 saturated heterocycles. The number of benzene rings is 1. The highest BCUT2D eigenvalue weighted by atomic mass is 32.2. The van der Waals surface area contributed by atoms with E-state index in [9.17, 15) is 13.2 Å². The van der Waals surface area contributed by atoms with Gasteiger partial charge in [-0.25, -0.2) is 13.2 Å². The fourth-order valence-corrected chi connectivity index (χ4v) is 4.20. The van der Waals surface area contributed by atoms with E-state index < -0.39 is 9.84 Å². The summed E-state index contributed by atoms with van der Waals surface area (Å²) in [6, 6.07) is 6.73. The van der Waals surface area contributed by atoms with Crippen molar-refractivity contribution < 1.29 is 17.9 Å². The first-order chi connectivity index (χ1) is 10.7. The highest BCUT2D eigenvalue weighted by Gasteiger charge is 2.29. The zero-order chi connectivity index (χ0) is 17.0. The smallest absolute Gasteiger partial charge is 0.315 e. The number of carbonyl (C=O) groups is 1. The second kappa shape index (κ2) is 7.21. The summed E-state index contributed by atoms with van der Waals surface area (Å²) in [5.41, 5.74) is 0.954. The molecular formula is C16H24N2O4S. The van der Waals surface area contributed by atoms with Crippen molar-refractivity contribution in [2.45, 2.75) is 45.4 Å². The van der Waals surface area contributed by atoms with Crippen LogP contribution in [0.4, 0.5) is 4.79 Å². The van der Waals surface area contributed by atoms with E-state index in [0.29, 0.717) is 6.42 Å². The van der Waals surface area contributed by atoms with E-state index in [-0.39, 0.29) is 35.7 Å². The van der Waals surface area contributed by atoms with Crippen molar-refractivity contribution >= 4 is 15.9 Å². The Bertz CT molecular complexity index is 641. The monoisotopic (exact) mass is 340 g/mol. The maximum atomic E-state index is 12.0. The van der Waals surface area contributed by atoms with Crippen LogP contribution in [0.3, 0.4) is 0 Å². The largest absolute Gasteiger partial charge is 0.491 e. The van der Waals surface area contributed by atoms with Gasteiger partial charge < -0.3 is 15.4 Å². The molecule has 2 amide bonds. The Kier molecular flexibility index (Phi) is 5.51. The Morgan fingerprint density at radius 3 is 2.39 bits per heavy atom. The molecule has 0 spiro atoms. The predicted octanol–water partition coefficient (Wildman–Crippen LogP) is 2.02. The SMILES string of the molecule is CC(C)Oc1ccc([C@@H](C)NC(=O)N[C@@H]2CCS(=O)(=O)C2)cc1. The van der Waals surface area contributed by atoms with Gasteiger partial charge in [0.25, 0.3) is 0 Å². The molecule has 0 unspecified atom stereocenters. The molecule has 6 nitrogen and oxygen atoms in total. The van der Waals surface area contributed by atoms with Crippen LogP contribution in [0.15, 0.2) is 24.3 Å². The van der Waals surface area contributed by atoms with Gasteiger partial charge in [-0.1, -0.05) is 12.1 Å². The minimum absolute atomic E-state index is 0.0238. The van der Waals surface area contributed by atoms with E-state index in [1.54, 1.807) is 0 Å². The third-order valence-corrected chi connectivity index (χ3v) is 5.44. The van der Waals surface area contributed by atoms with Crippen LogP contribution in [0.2, 0.25) is 0 Å². The van der Waals surface area contributed by atoms with Crippen LogP contribution < -0.4 is 15.4 Å². The second-order valence-electron chi connectivity index (χ2n) is 6.18. The van der Waals surface area contributed by atoms with E-state index in [4.69, 9.17) is 4.74 Å². The molecule has 1 aromatic carbocycles. The van der Waals surface area contributed by atoms with Crippen molar-refractivity contribution in [3.05, 3.63) is 29.8 Å². The van der Waals surface area contributed by atoms with Crippen LogP contribution in [-0.2, 0) is 9.84 Å². The zero-order valence-electron chi connectivity index (χ0n) is 13.7. The molecule has 128 valence electrons. The topological polar surface area (TPSA) is 84.5 Å².